The Hall–Kier alpha value is -0.260. The van der Waals surface area contributed by atoms with Gasteiger partial charge >= 0.3 is 5.97 Å². The van der Waals surface area contributed by atoms with Gasteiger partial charge < -0.3 is 15.5 Å². The maximum atomic E-state index is 11.7. The largest absolute Gasteiger partial charge is 0.480 e. The number of aliphatic hydroxyl groups is 1. The van der Waals surface area contributed by atoms with Crippen LogP contribution in [0.3, 0.4) is 0 Å². The second-order valence-electron chi connectivity index (χ2n) is 5.11. The molecule has 0 aliphatic heterocycles. The van der Waals surface area contributed by atoms with Crippen molar-refractivity contribution >= 4 is 17.7 Å². The van der Waals surface area contributed by atoms with Crippen molar-refractivity contribution in [3.05, 3.63) is 0 Å². The summed E-state index contributed by atoms with van der Waals surface area (Å²) in [5, 5.41) is 22.0. The van der Waals surface area contributed by atoms with E-state index in [1.807, 2.05) is 13.8 Å². The first-order valence-electron chi connectivity index (χ1n) is 6.77. The van der Waals surface area contributed by atoms with Crippen LogP contribution in [0.2, 0.25) is 0 Å². The van der Waals surface area contributed by atoms with Crippen LogP contribution in [0.25, 0.3) is 0 Å². The van der Waals surface area contributed by atoms with E-state index in [1.54, 1.807) is 11.8 Å². The Morgan fingerprint density at radius 1 is 1.56 bits per heavy atom. The van der Waals surface area contributed by atoms with Crippen molar-refractivity contribution < 1.29 is 15.0 Å². The van der Waals surface area contributed by atoms with Crippen molar-refractivity contribution in [1.82, 2.24) is 5.32 Å². The number of carboxylic acid groups (broad SMARTS) is 1. The zero-order valence-corrected chi connectivity index (χ0v) is 12.1. The van der Waals surface area contributed by atoms with Crippen LogP contribution in [0.15, 0.2) is 0 Å². The minimum Gasteiger partial charge on any atom is -0.480 e. The van der Waals surface area contributed by atoms with Gasteiger partial charge in [-0.25, -0.2) is 0 Å². The average Bonchev–Trinajstić information content (AvgIpc) is 3.14. The normalized spacial score (nSPS) is 20.4. The lowest BCUT2D eigenvalue weighted by molar-refractivity contribution is -0.144. The predicted molar refractivity (Wildman–Crippen MR) is 75.0 cm³/mol. The summed E-state index contributed by atoms with van der Waals surface area (Å²) in [5.41, 5.74) is -0.760. The van der Waals surface area contributed by atoms with Crippen molar-refractivity contribution in [3.8, 4) is 0 Å². The second kappa shape index (κ2) is 7.36. The summed E-state index contributed by atoms with van der Waals surface area (Å²) in [4.78, 5) is 11.7. The van der Waals surface area contributed by atoms with Crippen LogP contribution in [0, 0.1) is 5.92 Å². The zero-order valence-electron chi connectivity index (χ0n) is 11.3. The number of carbonyl (C=O) groups is 1. The summed E-state index contributed by atoms with van der Waals surface area (Å²) in [6, 6.07) is 0. The molecule has 0 bridgehead atoms. The van der Waals surface area contributed by atoms with Crippen molar-refractivity contribution in [2.75, 3.05) is 18.9 Å². The Bertz CT molecular complexity index is 271. The van der Waals surface area contributed by atoms with Gasteiger partial charge in [-0.05, 0) is 38.1 Å². The van der Waals surface area contributed by atoms with Crippen LogP contribution in [-0.4, -0.2) is 45.9 Å². The Kier molecular flexibility index (Phi) is 6.46. The van der Waals surface area contributed by atoms with E-state index in [0.29, 0.717) is 11.0 Å². The van der Waals surface area contributed by atoms with E-state index >= 15 is 0 Å². The predicted octanol–water partition coefficient (Wildman–Crippen LogP) is 1.72. The van der Waals surface area contributed by atoms with E-state index in [0.717, 1.165) is 32.2 Å². The molecule has 0 amide bonds. The van der Waals surface area contributed by atoms with Crippen LogP contribution in [-0.2, 0) is 4.79 Å². The molecule has 2 atom stereocenters. The first kappa shape index (κ1) is 15.8. The van der Waals surface area contributed by atoms with Crippen molar-refractivity contribution in [2.45, 2.75) is 50.3 Å². The molecule has 5 heteroatoms. The summed E-state index contributed by atoms with van der Waals surface area (Å²) < 4.78 is 0. The molecule has 0 aromatic heterocycles. The van der Waals surface area contributed by atoms with E-state index in [9.17, 15) is 9.90 Å². The van der Waals surface area contributed by atoms with Gasteiger partial charge in [0.1, 0.15) is 5.54 Å². The topological polar surface area (TPSA) is 69.6 Å². The number of aliphatic hydroxyl groups excluding tert-OH is 1. The first-order chi connectivity index (χ1) is 8.56. The Balaban J connectivity index is 2.60. The fourth-order valence-electron chi connectivity index (χ4n) is 2.09. The van der Waals surface area contributed by atoms with Crippen molar-refractivity contribution in [2.24, 2.45) is 5.92 Å². The molecular weight excluding hydrogens is 250 g/mol. The maximum Gasteiger partial charge on any atom is 0.325 e. The molecule has 4 nitrogen and oxygen atoms in total. The highest BCUT2D eigenvalue weighted by molar-refractivity contribution is 8.00. The molecule has 0 saturated heterocycles. The fraction of sp³-hybridized carbons (Fsp3) is 0.923. The molecule has 18 heavy (non-hydrogen) atoms. The van der Waals surface area contributed by atoms with Crippen LogP contribution < -0.4 is 5.32 Å². The van der Waals surface area contributed by atoms with Crippen LogP contribution >= 0.6 is 11.8 Å². The van der Waals surface area contributed by atoms with Gasteiger partial charge in [0, 0.05) is 17.6 Å². The molecule has 1 aliphatic rings. The number of thioether (sulfide) groups is 1. The van der Waals surface area contributed by atoms with Gasteiger partial charge in [-0.1, -0.05) is 13.8 Å². The minimum atomic E-state index is -0.760. The monoisotopic (exact) mass is 275 g/mol. The molecule has 0 heterocycles. The Morgan fingerprint density at radius 2 is 2.22 bits per heavy atom. The third-order valence-electron chi connectivity index (χ3n) is 3.48. The molecule has 0 spiro atoms. The van der Waals surface area contributed by atoms with Gasteiger partial charge in [0.25, 0.3) is 0 Å². The van der Waals surface area contributed by atoms with E-state index in [4.69, 9.17) is 5.11 Å². The molecule has 1 fully saturated rings. The molecule has 0 aromatic carbocycles. The molecule has 3 N–H and O–H groups in total. The highest BCUT2D eigenvalue weighted by Crippen LogP contribution is 2.42. The lowest BCUT2D eigenvalue weighted by Gasteiger charge is -2.31. The number of aliphatic carboxylic acids is 1. The quantitative estimate of drug-likeness (QED) is 0.566. The van der Waals surface area contributed by atoms with Crippen LogP contribution in [0.5, 0.6) is 0 Å². The van der Waals surface area contributed by atoms with Crippen LogP contribution in [0.4, 0.5) is 0 Å². The number of carboxylic acids is 1. The van der Waals surface area contributed by atoms with Gasteiger partial charge in [-0.2, -0.15) is 11.8 Å². The first-order valence-corrected chi connectivity index (χ1v) is 7.82. The van der Waals surface area contributed by atoms with Gasteiger partial charge in [-0.3, -0.25) is 4.79 Å². The van der Waals surface area contributed by atoms with Gasteiger partial charge in [0.05, 0.1) is 0 Å². The molecular formula is C13H25NO3S. The fourth-order valence-corrected chi connectivity index (χ4v) is 3.37. The Labute approximate surface area is 114 Å². The number of hydrogen-bond acceptors (Lipinski definition) is 4. The molecule has 1 aliphatic carbocycles. The number of rotatable bonds is 10. The molecule has 0 aromatic rings. The van der Waals surface area contributed by atoms with E-state index in [1.165, 1.54) is 0 Å². The standard InChI is InChI=1S/C13H25NO3S/c1-3-7-14-13(12(16)17,11-4-5-11)9-18-10(2)6-8-15/h10-11,14-15H,3-9H2,1-2H3,(H,16,17). The van der Waals surface area contributed by atoms with Gasteiger partial charge in [0.15, 0.2) is 0 Å². The summed E-state index contributed by atoms with van der Waals surface area (Å²) in [6.07, 6.45) is 3.69. The summed E-state index contributed by atoms with van der Waals surface area (Å²) in [7, 11) is 0. The molecule has 0 radical (unpaired) electrons. The smallest absolute Gasteiger partial charge is 0.325 e. The molecule has 1 saturated carbocycles. The second-order valence-corrected chi connectivity index (χ2v) is 6.54. The summed E-state index contributed by atoms with van der Waals surface area (Å²) >= 11 is 1.65. The van der Waals surface area contributed by atoms with Crippen LogP contribution in [0.1, 0.15) is 39.5 Å². The number of hydrogen-bond donors (Lipinski definition) is 3. The van der Waals surface area contributed by atoms with E-state index in [-0.39, 0.29) is 12.5 Å². The van der Waals surface area contributed by atoms with Gasteiger partial charge in [-0.15, -0.1) is 0 Å². The lowest BCUT2D eigenvalue weighted by atomic mass is 9.95. The third-order valence-corrected chi connectivity index (χ3v) is 4.90. The highest BCUT2D eigenvalue weighted by Gasteiger charge is 2.50. The van der Waals surface area contributed by atoms with Crippen molar-refractivity contribution in [3.63, 3.8) is 0 Å². The Morgan fingerprint density at radius 3 is 2.67 bits per heavy atom. The van der Waals surface area contributed by atoms with Gasteiger partial charge in [0.2, 0.25) is 0 Å². The minimum absolute atomic E-state index is 0.167. The molecule has 106 valence electrons. The van der Waals surface area contributed by atoms with Crippen molar-refractivity contribution in [1.29, 1.82) is 0 Å². The van der Waals surface area contributed by atoms with E-state index in [2.05, 4.69) is 5.32 Å². The molecule has 1 rings (SSSR count). The highest BCUT2D eigenvalue weighted by atomic mass is 32.2. The maximum absolute atomic E-state index is 11.7. The number of nitrogens with one attached hydrogen (secondary N) is 1. The zero-order chi connectivity index (χ0) is 13.6. The molecule has 2 unspecified atom stereocenters. The average molecular weight is 275 g/mol. The lowest BCUT2D eigenvalue weighted by Crippen LogP contribution is -2.56. The summed E-state index contributed by atoms with van der Waals surface area (Å²) in [6.45, 7) is 5.01. The third kappa shape index (κ3) is 4.14. The van der Waals surface area contributed by atoms with E-state index < -0.39 is 11.5 Å². The SMILES string of the molecule is CCCNC(CSC(C)CCO)(C(=O)O)C1CC1. The summed E-state index contributed by atoms with van der Waals surface area (Å²) in [5.74, 6) is 0.145.